The van der Waals surface area contributed by atoms with E-state index in [2.05, 4.69) is 15.6 Å². The van der Waals surface area contributed by atoms with Crippen molar-refractivity contribution in [3.8, 4) is 0 Å². The third-order valence-corrected chi connectivity index (χ3v) is 5.46. The number of nitro benzene ring substituents is 1. The molecule has 2 N–H and O–H groups in total. The van der Waals surface area contributed by atoms with Crippen LogP contribution in [0.2, 0.25) is 0 Å². The topological polar surface area (TPSA) is 109 Å². The zero-order valence-corrected chi connectivity index (χ0v) is 17.0. The molecule has 0 fully saturated rings. The molecule has 1 amide bonds. The Morgan fingerprint density at radius 2 is 1.91 bits per heavy atom. The zero-order chi connectivity index (χ0) is 22.1. The maximum Gasteiger partial charge on any atom is 0.269 e. The number of benzene rings is 3. The van der Waals surface area contributed by atoms with E-state index in [1.54, 1.807) is 6.07 Å². The number of nitro groups is 1. The molecule has 1 atom stereocenters. The summed E-state index contributed by atoms with van der Waals surface area (Å²) >= 11 is 0. The third kappa shape index (κ3) is 3.62. The van der Waals surface area contributed by atoms with Gasteiger partial charge in [-0.1, -0.05) is 42.5 Å². The van der Waals surface area contributed by atoms with Crippen molar-refractivity contribution in [2.24, 2.45) is 9.98 Å². The van der Waals surface area contributed by atoms with Gasteiger partial charge in [-0.2, -0.15) is 0 Å². The lowest BCUT2D eigenvalue weighted by Crippen LogP contribution is -2.22. The van der Waals surface area contributed by atoms with Crippen LogP contribution in [0.5, 0.6) is 0 Å². The third-order valence-electron chi connectivity index (χ3n) is 5.46. The first-order valence-corrected chi connectivity index (χ1v) is 10.2. The number of amidine groups is 1. The monoisotopic (exact) mass is 425 g/mol. The van der Waals surface area contributed by atoms with Gasteiger partial charge in [-0.15, -0.1) is 0 Å². The molecule has 0 bridgehead atoms. The summed E-state index contributed by atoms with van der Waals surface area (Å²) in [5.41, 5.74) is 3.93. The summed E-state index contributed by atoms with van der Waals surface area (Å²) in [5.74, 6) is -0.207. The Morgan fingerprint density at radius 3 is 2.66 bits per heavy atom. The Morgan fingerprint density at radius 1 is 1.06 bits per heavy atom. The van der Waals surface area contributed by atoms with Gasteiger partial charge in [0.1, 0.15) is 11.8 Å². The van der Waals surface area contributed by atoms with Gasteiger partial charge in [0.25, 0.3) is 5.69 Å². The van der Waals surface area contributed by atoms with Crippen LogP contribution in [0.15, 0.2) is 82.8 Å². The van der Waals surface area contributed by atoms with E-state index in [4.69, 9.17) is 4.99 Å². The van der Waals surface area contributed by atoms with Gasteiger partial charge < -0.3 is 10.6 Å². The maximum absolute atomic E-state index is 13.0. The van der Waals surface area contributed by atoms with E-state index in [1.165, 1.54) is 12.1 Å². The fraction of sp³-hybridized carbons (Fsp3) is 0.125. The molecular weight excluding hydrogens is 406 g/mol. The maximum atomic E-state index is 13.0. The molecule has 32 heavy (non-hydrogen) atoms. The number of amides is 1. The number of hydrogen-bond donors (Lipinski definition) is 2. The smallest absolute Gasteiger partial charge is 0.269 e. The van der Waals surface area contributed by atoms with Crippen molar-refractivity contribution in [2.45, 2.75) is 5.92 Å². The molecular formula is C24H19N5O3. The first-order valence-electron chi connectivity index (χ1n) is 10.2. The first kappa shape index (κ1) is 19.6. The Bertz CT molecular complexity index is 1280. The van der Waals surface area contributed by atoms with Crippen molar-refractivity contribution in [3.63, 3.8) is 0 Å². The molecule has 0 aromatic heterocycles. The van der Waals surface area contributed by atoms with E-state index in [-0.39, 0.29) is 11.6 Å². The normalized spacial score (nSPS) is 17.4. The van der Waals surface area contributed by atoms with Crippen molar-refractivity contribution in [1.82, 2.24) is 5.32 Å². The molecule has 3 aromatic rings. The number of nitrogens with zero attached hydrogens (tertiary/aromatic N) is 3. The van der Waals surface area contributed by atoms with E-state index in [0.717, 1.165) is 30.1 Å². The van der Waals surface area contributed by atoms with Gasteiger partial charge in [-0.05, 0) is 23.8 Å². The zero-order valence-electron chi connectivity index (χ0n) is 17.0. The molecule has 0 saturated heterocycles. The second-order valence-corrected chi connectivity index (χ2v) is 7.52. The molecule has 0 saturated carbocycles. The summed E-state index contributed by atoms with van der Waals surface area (Å²) in [6, 6.07) is 21.4. The molecule has 0 spiro atoms. The van der Waals surface area contributed by atoms with E-state index in [9.17, 15) is 14.9 Å². The van der Waals surface area contributed by atoms with E-state index >= 15 is 0 Å². The van der Waals surface area contributed by atoms with Crippen molar-refractivity contribution in [1.29, 1.82) is 0 Å². The van der Waals surface area contributed by atoms with Crippen LogP contribution in [-0.4, -0.2) is 35.5 Å². The minimum atomic E-state index is -0.766. The molecule has 1 unspecified atom stereocenters. The highest BCUT2D eigenvalue weighted by atomic mass is 16.6. The molecule has 0 aliphatic carbocycles. The summed E-state index contributed by atoms with van der Waals surface area (Å²) in [5, 5.41) is 17.4. The Hall–Kier alpha value is -4.33. The number of aliphatic imine (C=N–C) groups is 2. The van der Waals surface area contributed by atoms with Crippen molar-refractivity contribution in [2.75, 3.05) is 18.4 Å². The molecule has 2 aliphatic rings. The summed E-state index contributed by atoms with van der Waals surface area (Å²) in [7, 11) is 0. The van der Waals surface area contributed by atoms with Crippen LogP contribution < -0.4 is 10.6 Å². The second-order valence-electron chi connectivity index (χ2n) is 7.52. The van der Waals surface area contributed by atoms with E-state index in [1.807, 2.05) is 54.6 Å². The lowest BCUT2D eigenvalue weighted by atomic mass is 9.90. The van der Waals surface area contributed by atoms with Crippen molar-refractivity contribution in [3.05, 3.63) is 99.6 Å². The van der Waals surface area contributed by atoms with Crippen molar-refractivity contribution >= 4 is 34.5 Å². The minimum Gasteiger partial charge on any atom is -0.368 e. The quantitative estimate of drug-likeness (QED) is 0.368. The molecule has 2 heterocycles. The predicted molar refractivity (Wildman–Crippen MR) is 123 cm³/mol. The van der Waals surface area contributed by atoms with Crippen LogP contribution in [-0.2, 0) is 4.79 Å². The fourth-order valence-corrected chi connectivity index (χ4v) is 3.99. The highest BCUT2D eigenvalue weighted by Gasteiger charge is 2.36. The molecule has 158 valence electrons. The Labute approximate surface area is 183 Å². The summed E-state index contributed by atoms with van der Waals surface area (Å²) in [6.45, 7) is 1.53. The number of carbonyl (C=O) groups is 1. The number of rotatable bonds is 5. The molecule has 0 radical (unpaired) electrons. The predicted octanol–water partition coefficient (Wildman–Crippen LogP) is 3.80. The largest absolute Gasteiger partial charge is 0.368 e. The second kappa shape index (κ2) is 8.07. The highest BCUT2D eigenvalue weighted by molar-refractivity contribution is 6.24. The average Bonchev–Trinajstić information content (AvgIpc) is 3.45. The number of hydrogen-bond acceptors (Lipinski definition) is 6. The summed E-state index contributed by atoms with van der Waals surface area (Å²) < 4.78 is 0. The molecule has 8 nitrogen and oxygen atoms in total. The van der Waals surface area contributed by atoms with Gasteiger partial charge >= 0.3 is 0 Å². The van der Waals surface area contributed by atoms with Crippen LogP contribution >= 0.6 is 0 Å². The van der Waals surface area contributed by atoms with Gasteiger partial charge in [-0.3, -0.25) is 24.9 Å². The average molecular weight is 425 g/mol. The number of non-ortho nitro benzene ring substituents is 1. The first-order chi connectivity index (χ1) is 15.6. The molecule has 5 rings (SSSR count). The lowest BCUT2D eigenvalue weighted by Gasteiger charge is -2.14. The van der Waals surface area contributed by atoms with E-state index < -0.39 is 10.8 Å². The number of nitrogens with one attached hydrogen (secondary N) is 2. The van der Waals surface area contributed by atoms with Crippen LogP contribution in [0.3, 0.4) is 0 Å². The van der Waals surface area contributed by atoms with Gasteiger partial charge in [0, 0.05) is 35.5 Å². The highest BCUT2D eigenvalue weighted by Crippen LogP contribution is 2.38. The van der Waals surface area contributed by atoms with Crippen LogP contribution in [0.1, 0.15) is 22.6 Å². The summed E-state index contributed by atoms with van der Waals surface area (Å²) in [6.07, 6.45) is 0. The van der Waals surface area contributed by atoms with Gasteiger partial charge in [0.15, 0.2) is 0 Å². The fourth-order valence-electron chi connectivity index (χ4n) is 3.99. The van der Waals surface area contributed by atoms with Crippen LogP contribution in [0.25, 0.3) is 0 Å². The van der Waals surface area contributed by atoms with Crippen molar-refractivity contribution < 1.29 is 9.72 Å². The number of carbonyl (C=O) groups excluding carboxylic acids is 1. The number of anilines is 1. The van der Waals surface area contributed by atoms with E-state index in [0.29, 0.717) is 22.6 Å². The molecule has 3 aromatic carbocycles. The Balaban J connectivity index is 1.64. The lowest BCUT2D eigenvalue weighted by molar-refractivity contribution is -0.384. The van der Waals surface area contributed by atoms with Crippen LogP contribution in [0.4, 0.5) is 17.1 Å². The molecule has 2 aliphatic heterocycles. The Kier molecular flexibility index (Phi) is 4.95. The molecule has 8 heteroatoms. The SMILES string of the molecule is O=C1Nc2ccc([N+](=O)[O-])cc2C1C(=Nc1cccc(C2=NCCN2)c1)c1ccccc1. The summed E-state index contributed by atoms with van der Waals surface area (Å²) in [4.78, 5) is 33.2. The number of fused-ring (bicyclic) bond motifs is 1. The van der Waals surface area contributed by atoms with Gasteiger partial charge in [0.2, 0.25) is 5.91 Å². The van der Waals surface area contributed by atoms with Gasteiger partial charge in [-0.25, -0.2) is 0 Å². The van der Waals surface area contributed by atoms with Gasteiger partial charge in [0.05, 0.1) is 22.9 Å². The van der Waals surface area contributed by atoms with Crippen LogP contribution in [0, 0.1) is 10.1 Å². The minimum absolute atomic E-state index is 0.0648. The standard InChI is InChI=1S/C24H19N5O3/c30-24-21(19-14-18(29(31)32)9-10-20(19)28-24)22(15-5-2-1-3-6-15)27-17-8-4-7-16(13-17)23-25-11-12-26-23/h1-10,13-14,21H,11-12H2,(H,25,26)(H,28,30).